The van der Waals surface area contributed by atoms with Crippen LogP contribution in [0.2, 0.25) is 0 Å². The van der Waals surface area contributed by atoms with Crippen LogP contribution in [0.1, 0.15) is 6.42 Å². The van der Waals surface area contributed by atoms with Gasteiger partial charge in [-0.1, -0.05) is 12.1 Å². The fourth-order valence-corrected chi connectivity index (χ4v) is 2.16. The fourth-order valence-electron chi connectivity index (χ4n) is 1.44. The largest absolute Gasteiger partial charge is 0.384 e. The highest BCUT2D eigenvalue weighted by atomic mass is 32.2. The second-order valence-electron chi connectivity index (χ2n) is 3.72. The fraction of sp³-hybridized carbons (Fsp3) is 0.455. The monoisotopic (exact) mass is 273 g/mol. The van der Waals surface area contributed by atoms with E-state index in [1.165, 1.54) is 6.07 Å². The maximum absolute atomic E-state index is 11.3. The Labute approximate surface area is 107 Å². The van der Waals surface area contributed by atoms with Crippen molar-refractivity contribution in [2.24, 2.45) is 10.9 Å². The van der Waals surface area contributed by atoms with Crippen LogP contribution in [-0.4, -0.2) is 34.7 Å². The minimum atomic E-state index is -3.70. The third-order valence-electron chi connectivity index (χ3n) is 2.24. The van der Waals surface area contributed by atoms with Crippen LogP contribution in [0.25, 0.3) is 0 Å². The number of anilines is 1. The van der Waals surface area contributed by atoms with E-state index in [1.807, 2.05) is 0 Å². The molecule has 0 aliphatic carbocycles. The smallest absolute Gasteiger partial charge is 0.240 e. The van der Waals surface area contributed by atoms with Crippen LogP contribution in [0, 0.1) is 0 Å². The molecule has 0 saturated heterocycles. The van der Waals surface area contributed by atoms with Gasteiger partial charge in [-0.05, 0) is 18.6 Å². The van der Waals surface area contributed by atoms with Gasteiger partial charge in [-0.15, -0.1) is 0 Å². The van der Waals surface area contributed by atoms with Crippen molar-refractivity contribution in [3.05, 3.63) is 24.3 Å². The summed E-state index contributed by atoms with van der Waals surface area (Å²) >= 11 is 0. The first-order valence-electron chi connectivity index (χ1n) is 5.69. The van der Waals surface area contributed by atoms with Crippen LogP contribution in [0.4, 0.5) is 5.69 Å². The molecule has 1 aromatic carbocycles. The van der Waals surface area contributed by atoms with Gasteiger partial charge >= 0.3 is 0 Å². The first kappa shape index (κ1) is 14.9. The Bertz CT molecular complexity index is 462. The minimum Gasteiger partial charge on any atom is -0.384 e. The van der Waals surface area contributed by atoms with Gasteiger partial charge in [-0.25, -0.2) is 13.6 Å². The SMILES string of the molecule is NCCOCCCNc1ccccc1S(N)(=O)=O. The van der Waals surface area contributed by atoms with E-state index in [9.17, 15) is 8.42 Å². The molecule has 6 nitrogen and oxygen atoms in total. The number of nitrogens with two attached hydrogens (primary N) is 2. The minimum absolute atomic E-state index is 0.105. The van der Waals surface area contributed by atoms with E-state index >= 15 is 0 Å². The van der Waals surface area contributed by atoms with E-state index in [4.69, 9.17) is 15.6 Å². The van der Waals surface area contributed by atoms with E-state index < -0.39 is 10.0 Å². The highest BCUT2D eigenvalue weighted by Gasteiger charge is 2.12. The molecule has 0 bridgehead atoms. The van der Waals surface area contributed by atoms with Crippen LogP contribution < -0.4 is 16.2 Å². The lowest BCUT2D eigenvalue weighted by molar-refractivity contribution is 0.141. The normalized spacial score (nSPS) is 11.4. The van der Waals surface area contributed by atoms with Gasteiger partial charge in [-0.2, -0.15) is 0 Å². The molecule has 1 rings (SSSR count). The number of para-hydroxylation sites is 1. The van der Waals surface area contributed by atoms with E-state index in [1.54, 1.807) is 18.2 Å². The van der Waals surface area contributed by atoms with Crippen molar-refractivity contribution in [3.8, 4) is 0 Å². The molecule has 0 aromatic heterocycles. The Morgan fingerprint density at radius 1 is 1.22 bits per heavy atom. The van der Waals surface area contributed by atoms with Gasteiger partial charge in [0.05, 0.1) is 12.3 Å². The van der Waals surface area contributed by atoms with Crippen LogP contribution in [0.5, 0.6) is 0 Å². The number of hydrogen-bond donors (Lipinski definition) is 3. The Balaban J connectivity index is 2.48. The van der Waals surface area contributed by atoms with Crippen LogP contribution in [0.15, 0.2) is 29.2 Å². The third kappa shape index (κ3) is 5.01. The van der Waals surface area contributed by atoms with Gasteiger partial charge in [0.1, 0.15) is 4.90 Å². The molecular formula is C11H19N3O3S. The quantitative estimate of drug-likeness (QED) is 0.583. The molecule has 102 valence electrons. The van der Waals surface area contributed by atoms with Gasteiger partial charge in [-0.3, -0.25) is 0 Å². The number of nitrogens with one attached hydrogen (secondary N) is 1. The third-order valence-corrected chi connectivity index (χ3v) is 3.21. The number of primary sulfonamides is 1. The number of sulfonamides is 1. The van der Waals surface area contributed by atoms with Crippen molar-refractivity contribution in [2.75, 3.05) is 31.6 Å². The van der Waals surface area contributed by atoms with Crippen LogP contribution in [0.3, 0.4) is 0 Å². The Morgan fingerprint density at radius 3 is 2.61 bits per heavy atom. The molecule has 5 N–H and O–H groups in total. The molecule has 1 aromatic rings. The van der Waals surface area contributed by atoms with E-state index in [0.29, 0.717) is 32.0 Å². The zero-order valence-corrected chi connectivity index (χ0v) is 10.9. The second-order valence-corrected chi connectivity index (χ2v) is 5.25. The number of hydrogen-bond acceptors (Lipinski definition) is 5. The first-order valence-corrected chi connectivity index (χ1v) is 7.24. The van der Waals surface area contributed by atoms with Crippen molar-refractivity contribution in [3.63, 3.8) is 0 Å². The summed E-state index contributed by atoms with van der Waals surface area (Å²) in [6, 6.07) is 6.54. The van der Waals surface area contributed by atoms with Gasteiger partial charge < -0.3 is 15.8 Å². The zero-order valence-electron chi connectivity index (χ0n) is 10.1. The van der Waals surface area contributed by atoms with Crippen LogP contribution >= 0.6 is 0 Å². The standard InChI is InChI=1S/C11H19N3O3S/c12-6-9-17-8-3-7-14-10-4-1-2-5-11(10)18(13,15)16/h1-2,4-5,14H,3,6-9,12H2,(H2,13,15,16). The predicted molar refractivity (Wildman–Crippen MR) is 70.8 cm³/mol. The summed E-state index contributed by atoms with van der Waals surface area (Å²) in [5.74, 6) is 0. The molecule has 0 radical (unpaired) electrons. The Morgan fingerprint density at radius 2 is 1.94 bits per heavy atom. The summed E-state index contributed by atoms with van der Waals surface area (Å²) in [5.41, 5.74) is 5.79. The maximum atomic E-state index is 11.3. The Hall–Kier alpha value is -1.15. The average molecular weight is 273 g/mol. The first-order chi connectivity index (χ1) is 8.55. The molecule has 0 aliphatic rings. The molecule has 0 atom stereocenters. The van der Waals surface area contributed by atoms with Gasteiger partial charge in [0.15, 0.2) is 0 Å². The van der Waals surface area contributed by atoms with Crippen molar-refractivity contribution >= 4 is 15.7 Å². The molecule has 0 heterocycles. The maximum Gasteiger partial charge on any atom is 0.240 e. The number of benzene rings is 1. The van der Waals surface area contributed by atoms with E-state index in [0.717, 1.165) is 6.42 Å². The zero-order chi connectivity index (χ0) is 13.4. The lowest BCUT2D eigenvalue weighted by Crippen LogP contribution is -2.16. The molecule has 0 amide bonds. The van der Waals surface area contributed by atoms with Gasteiger partial charge in [0.2, 0.25) is 10.0 Å². The highest BCUT2D eigenvalue weighted by Crippen LogP contribution is 2.18. The Kier molecular flexibility index (Phi) is 6.06. The summed E-state index contributed by atoms with van der Waals surface area (Å²) in [7, 11) is -3.70. The summed E-state index contributed by atoms with van der Waals surface area (Å²) in [6.45, 7) is 2.23. The predicted octanol–water partition coefficient (Wildman–Crippen LogP) is 0.111. The van der Waals surface area contributed by atoms with E-state index in [-0.39, 0.29) is 4.90 Å². The molecule has 0 saturated carbocycles. The summed E-state index contributed by atoms with van der Waals surface area (Å²) in [5, 5.41) is 8.15. The number of rotatable bonds is 8. The molecule has 0 spiro atoms. The van der Waals surface area contributed by atoms with Gasteiger partial charge in [0, 0.05) is 19.7 Å². The second kappa shape index (κ2) is 7.32. The average Bonchev–Trinajstić information content (AvgIpc) is 2.33. The summed E-state index contributed by atoms with van der Waals surface area (Å²) < 4.78 is 27.9. The molecular weight excluding hydrogens is 254 g/mol. The van der Waals surface area contributed by atoms with Gasteiger partial charge in [0.25, 0.3) is 0 Å². The summed E-state index contributed by atoms with van der Waals surface area (Å²) in [4.78, 5) is 0.105. The highest BCUT2D eigenvalue weighted by molar-refractivity contribution is 7.89. The van der Waals surface area contributed by atoms with Crippen molar-refractivity contribution in [1.82, 2.24) is 0 Å². The lowest BCUT2D eigenvalue weighted by Gasteiger charge is -2.10. The molecule has 0 aliphatic heterocycles. The van der Waals surface area contributed by atoms with Crippen molar-refractivity contribution in [2.45, 2.75) is 11.3 Å². The van der Waals surface area contributed by atoms with Crippen LogP contribution in [-0.2, 0) is 14.8 Å². The van der Waals surface area contributed by atoms with E-state index in [2.05, 4.69) is 5.32 Å². The number of ether oxygens (including phenoxy) is 1. The topological polar surface area (TPSA) is 107 Å². The van der Waals surface area contributed by atoms with Crippen molar-refractivity contribution in [1.29, 1.82) is 0 Å². The van der Waals surface area contributed by atoms with Crippen molar-refractivity contribution < 1.29 is 13.2 Å². The molecule has 7 heteroatoms. The lowest BCUT2D eigenvalue weighted by atomic mass is 10.3. The summed E-state index contributed by atoms with van der Waals surface area (Å²) in [6.07, 6.45) is 0.763. The molecule has 18 heavy (non-hydrogen) atoms. The molecule has 0 fully saturated rings. The molecule has 0 unspecified atom stereocenters.